The number of ether oxygens (including phenoxy) is 1. The molecule has 2 aromatic heterocycles. The van der Waals surface area contributed by atoms with E-state index in [0.717, 1.165) is 16.7 Å². The Morgan fingerprint density at radius 2 is 1.80 bits per heavy atom. The van der Waals surface area contributed by atoms with Crippen LogP contribution in [0, 0.1) is 6.92 Å². The molecule has 0 saturated heterocycles. The third-order valence-electron chi connectivity index (χ3n) is 5.37. The number of nitrogens with zero attached hydrogens (tertiary/aromatic N) is 2. The molecule has 8 nitrogen and oxygen atoms in total. The monoisotopic (exact) mass is 491 g/mol. The number of carbonyl (C=O) groups excluding carboxylic acids is 1. The molecular formula is C26H22ClN3O5. The molecule has 2 N–H and O–H groups in total. The lowest BCUT2D eigenvalue weighted by Crippen LogP contribution is -2.17. The van der Waals surface area contributed by atoms with Crippen LogP contribution < -0.4 is 5.32 Å². The van der Waals surface area contributed by atoms with Crippen molar-refractivity contribution in [3.8, 4) is 22.5 Å². The Morgan fingerprint density at radius 3 is 2.46 bits per heavy atom. The van der Waals surface area contributed by atoms with Crippen LogP contribution in [0.25, 0.3) is 22.5 Å². The van der Waals surface area contributed by atoms with Gasteiger partial charge in [0.25, 0.3) is 0 Å². The van der Waals surface area contributed by atoms with Crippen LogP contribution in [-0.2, 0) is 16.0 Å². The SMILES string of the molecule is Cc1onc(-c2ccc(-c3ccc(CC(=O)O)cc3)cn2)c1NC(=O)OC(C)c1ccccc1Cl. The van der Waals surface area contributed by atoms with Crippen LogP contribution in [0.15, 0.2) is 71.4 Å². The van der Waals surface area contributed by atoms with Crippen molar-refractivity contribution in [2.24, 2.45) is 0 Å². The molecule has 0 radical (unpaired) electrons. The van der Waals surface area contributed by atoms with Gasteiger partial charge in [0, 0.05) is 22.3 Å². The van der Waals surface area contributed by atoms with E-state index in [1.807, 2.05) is 24.3 Å². The third kappa shape index (κ3) is 5.67. The largest absolute Gasteiger partial charge is 0.481 e. The molecule has 0 spiro atoms. The number of amides is 1. The van der Waals surface area contributed by atoms with Gasteiger partial charge in [-0.1, -0.05) is 65.3 Å². The molecule has 4 aromatic rings. The third-order valence-corrected chi connectivity index (χ3v) is 5.71. The smallest absolute Gasteiger partial charge is 0.412 e. The Hall–Kier alpha value is -4.17. The quantitative estimate of drug-likeness (QED) is 0.311. The maximum Gasteiger partial charge on any atom is 0.412 e. The van der Waals surface area contributed by atoms with E-state index in [9.17, 15) is 9.59 Å². The molecule has 1 unspecified atom stereocenters. The highest BCUT2D eigenvalue weighted by molar-refractivity contribution is 6.31. The van der Waals surface area contributed by atoms with Crippen LogP contribution in [0.5, 0.6) is 0 Å². The van der Waals surface area contributed by atoms with Crippen molar-refractivity contribution in [2.75, 3.05) is 5.32 Å². The lowest BCUT2D eigenvalue weighted by atomic mass is 10.0. The Labute approximate surface area is 206 Å². The van der Waals surface area contributed by atoms with E-state index in [2.05, 4.69) is 15.5 Å². The maximum atomic E-state index is 12.6. The summed E-state index contributed by atoms with van der Waals surface area (Å²) in [5, 5.41) is 16.2. The summed E-state index contributed by atoms with van der Waals surface area (Å²) < 4.78 is 10.8. The maximum absolute atomic E-state index is 12.6. The average Bonchev–Trinajstić information content (AvgIpc) is 3.19. The van der Waals surface area contributed by atoms with Gasteiger partial charge in [-0.15, -0.1) is 0 Å². The second-order valence-electron chi connectivity index (χ2n) is 7.86. The first kappa shape index (κ1) is 24.0. The number of anilines is 1. The molecule has 1 atom stereocenters. The fourth-order valence-electron chi connectivity index (χ4n) is 3.55. The zero-order valence-corrected chi connectivity index (χ0v) is 19.7. The Morgan fingerprint density at radius 1 is 1.09 bits per heavy atom. The summed E-state index contributed by atoms with van der Waals surface area (Å²) >= 11 is 6.19. The number of aliphatic carboxylic acids is 1. The molecule has 0 saturated carbocycles. The number of hydrogen-bond donors (Lipinski definition) is 2. The number of carboxylic acid groups (broad SMARTS) is 1. The molecular weight excluding hydrogens is 470 g/mol. The van der Waals surface area contributed by atoms with Crippen LogP contribution in [0.4, 0.5) is 10.5 Å². The molecule has 2 heterocycles. The number of carbonyl (C=O) groups is 2. The predicted octanol–water partition coefficient (Wildman–Crippen LogP) is 6.30. The topological polar surface area (TPSA) is 115 Å². The van der Waals surface area contributed by atoms with Crippen molar-refractivity contribution in [3.05, 3.63) is 88.8 Å². The van der Waals surface area contributed by atoms with Crippen LogP contribution >= 0.6 is 11.6 Å². The molecule has 1 amide bonds. The van der Waals surface area contributed by atoms with Gasteiger partial charge in [0.15, 0.2) is 11.5 Å². The first-order valence-electron chi connectivity index (χ1n) is 10.8. The zero-order valence-electron chi connectivity index (χ0n) is 19.0. The Kier molecular flexibility index (Phi) is 7.12. The van der Waals surface area contributed by atoms with E-state index in [0.29, 0.717) is 33.4 Å². The molecule has 0 aliphatic heterocycles. The van der Waals surface area contributed by atoms with Gasteiger partial charge < -0.3 is 14.4 Å². The van der Waals surface area contributed by atoms with Gasteiger partial charge in [0.1, 0.15) is 11.8 Å². The first-order chi connectivity index (χ1) is 16.8. The fourth-order valence-corrected chi connectivity index (χ4v) is 3.84. The summed E-state index contributed by atoms with van der Waals surface area (Å²) in [5.41, 5.74) is 4.38. The molecule has 0 aliphatic carbocycles. The second kappa shape index (κ2) is 10.4. The van der Waals surface area contributed by atoms with Gasteiger partial charge in [-0.3, -0.25) is 15.1 Å². The zero-order chi connectivity index (χ0) is 24.9. The van der Waals surface area contributed by atoms with Gasteiger partial charge in [-0.2, -0.15) is 0 Å². The minimum atomic E-state index is -0.877. The highest BCUT2D eigenvalue weighted by Crippen LogP contribution is 2.31. The molecule has 4 rings (SSSR count). The van der Waals surface area contributed by atoms with Gasteiger partial charge in [0.05, 0.1) is 12.1 Å². The standard InChI is InChI=1S/C26H22ClN3O5/c1-15(20-5-3-4-6-21(20)27)34-26(33)29-24-16(2)35-30-25(24)22-12-11-19(14-28-22)18-9-7-17(8-10-18)13-23(31)32/h3-12,14-15H,13H2,1-2H3,(H,29,33)(H,31,32). The summed E-state index contributed by atoms with van der Waals surface area (Å²) in [4.78, 5) is 27.9. The fraction of sp³-hybridized carbons (Fsp3) is 0.154. The molecule has 0 fully saturated rings. The summed E-state index contributed by atoms with van der Waals surface area (Å²) in [5.74, 6) is -0.472. The van der Waals surface area contributed by atoms with Crippen molar-refractivity contribution < 1.29 is 24.0 Å². The molecule has 9 heteroatoms. The van der Waals surface area contributed by atoms with E-state index in [4.69, 9.17) is 26.0 Å². The number of rotatable bonds is 7. The van der Waals surface area contributed by atoms with Crippen molar-refractivity contribution >= 4 is 29.4 Å². The number of pyridine rings is 1. The van der Waals surface area contributed by atoms with E-state index >= 15 is 0 Å². The number of nitrogens with one attached hydrogen (secondary N) is 1. The summed E-state index contributed by atoms with van der Waals surface area (Å²) in [7, 11) is 0. The minimum absolute atomic E-state index is 0.0294. The number of carboxylic acids is 1. The molecule has 178 valence electrons. The Balaban J connectivity index is 1.48. The van der Waals surface area contributed by atoms with Crippen LogP contribution in [0.3, 0.4) is 0 Å². The summed E-state index contributed by atoms with van der Waals surface area (Å²) in [6.07, 6.45) is 0.403. The van der Waals surface area contributed by atoms with E-state index < -0.39 is 18.2 Å². The van der Waals surface area contributed by atoms with Gasteiger partial charge in [-0.05, 0) is 37.1 Å². The average molecular weight is 492 g/mol. The number of halogens is 1. The summed E-state index contributed by atoms with van der Waals surface area (Å²) in [6, 6.07) is 18.0. The highest BCUT2D eigenvalue weighted by atomic mass is 35.5. The molecule has 0 bridgehead atoms. The lowest BCUT2D eigenvalue weighted by molar-refractivity contribution is -0.136. The predicted molar refractivity (Wildman–Crippen MR) is 131 cm³/mol. The van der Waals surface area contributed by atoms with Crippen molar-refractivity contribution in [3.63, 3.8) is 0 Å². The van der Waals surface area contributed by atoms with Crippen molar-refractivity contribution in [2.45, 2.75) is 26.4 Å². The first-order valence-corrected chi connectivity index (χ1v) is 11.2. The van der Waals surface area contributed by atoms with Gasteiger partial charge in [0.2, 0.25) is 0 Å². The van der Waals surface area contributed by atoms with Gasteiger partial charge in [-0.25, -0.2) is 4.79 Å². The van der Waals surface area contributed by atoms with Crippen molar-refractivity contribution in [1.29, 1.82) is 0 Å². The van der Waals surface area contributed by atoms with E-state index in [1.165, 1.54) is 0 Å². The van der Waals surface area contributed by atoms with Crippen LogP contribution in [0.2, 0.25) is 5.02 Å². The number of benzene rings is 2. The van der Waals surface area contributed by atoms with Crippen LogP contribution in [0.1, 0.15) is 29.9 Å². The molecule has 2 aromatic carbocycles. The Bertz CT molecular complexity index is 1350. The molecule has 35 heavy (non-hydrogen) atoms. The minimum Gasteiger partial charge on any atom is -0.481 e. The van der Waals surface area contributed by atoms with E-state index in [-0.39, 0.29) is 6.42 Å². The second-order valence-corrected chi connectivity index (χ2v) is 8.26. The molecule has 0 aliphatic rings. The van der Waals surface area contributed by atoms with Crippen molar-refractivity contribution in [1.82, 2.24) is 10.1 Å². The number of hydrogen-bond acceptors (Lipinski definition) is 6. The number of aryl methyl sites for hydroxylation is 1. The normalized spacial score (nSPS) is 11.6. The highest BCUT2D eigenvalue weighted by Gasteiger charge is 2.21. The van der Waals surface area contributed by atoms with E-state index in [1.54, 1.807) is 56.4 Å². The number of aromatic nitrogens is 2. The summed E-state index contributed by atoms with van der Waals surface area (Å²) in [6.45, 7) is 3.41. The lowest BCUT2D eigenvalue weighted by Gasteiger charge is -2.15. The van der Waals surface area contributed by atoms with Crippen LogP contribution in [-0.4, -0.2) is 27.3 Å². The van der Waals surface area contributed by atoms with Gasteiger partial charge >= 0.3 is 12.1 Å².